The Morgan fingerprint density at radius 3 is 2.42 bits per heavy atom. The fourth-order valence-electron chi connectivity index (χ4n) is 3.75. The van der Waals surface area contributed by atoms with Crippen LogP contribution in [0.15, 0.2) is 83.3 Å². The smallest absolute Gasteiger partial charge is 0.269 e. The van der Waals surface area contributed by atoms with Crippen LogP contribution in [-0.2, 0) is 0 Å². The maximum atomic E-state index is 13.6. The minimum absolute atomic E-state index is 0.00484. The summed E-state index contributed by atoms with van der Waals surface area (Å²) in [5, 5.41) is 14.9. The van der Waals surface area contributed by atoms with Crippen molar-refractivity contribution in [1.82, 2.24) is 0 Å². The molecular formula is C24H15ClIN3O4. The molecule has 1 aliphatic rings. The summed E-state index contributed by atoms with van der Waals surface area (Å²) in [5.41, 5.74) is 2.64. The van der Waals surface area contributed by atoms with E-state index in [2.05, 4.69) is 27.9 Å². The van der Waals surface area contributed by atoms with Crippen LogP contribution in [-0.4, -0.2) is 10.8 Å². The Hall–Kier alpha value is -3.37. The lowest BCUT2D eigenvalue weighted by molar-refractivity contribution is -0.384. The lowest BCUT2D eigenvalue weighted by Gasteiger charge is -2.36. The maximum Gasteiger partial charge on any atom is 0.269 e. The Bertz CT molecular complexity index is 1370. The van der Waals surface area contributed by atoms with Gasteiger partial charge in [-0.15, -0.1) is 0 Å². The van der Waals surface area contributed by atoms with E-state index in [-0.39, 0.29) is 11.6 Å². The Morgan fingerprint density at radius 2 is 1.73 bits per heavy atom. The van der Waals surface area contributed by atoms with Crippen molar-refractivity contribution in [3.8, 4) is 11.3 Å². The third-order valence-corrected chi connectivity index (χ3v) is 6.27. The predicted molar refractivity (Wildman–Crippen MR) is 135 cm³/mol. The van der Waals surface area contributed by atoms with Gasteiger partial charge in [0.2, 0.25) is 0 Å². The average molecular weight is 572 g/mol. The number of anilines is 2. The zero-order valence-electron chi connectivity index (χ0n) is 16.9. The topological polar surface area (TPSA) is 88.6 Å². The second kappa shape index (κ2) is 8.53. The van der Waals surface area contributed by atoms with Crippen molar-refractivity contribution >= 4 is 57.2 Å². The normalized spacial score (nSPS) is 15.2. The molecule has 3 aromatic carbocycles. The molecule has 33 heavy (non-hydrogen) atoms. The number of halogens is 2. The van der Waals surface area contributed by atoms with Gasteiger partial charge < -0.3 is 9.73 Å². The number of nitro groups is 1. The van der Waals surface area contributed by atoms with Crippen LogP contribution in [0.4, 0.5) is 17.1 Å². The summed E-state index contributed by atoms with van der Waals surface area (Å²) >= 11 is 8.24. The van der Waals surface area contributed by atoms with Gasteiger partial charge in [-0.25, -0.2) is 0 Å². The van der Waals surface area contributed by atoms with Crippen LogP contribution in [0.25, 0.3) is 11.3 Å². The summed E-state index contributed by atoms with van der Waals surface area (Å²) in [6.45, 7) is 0. The van der Waals surface area contributed by atoms with Gasteiger partial charge in [0.25, 0.3) is 11.6 Å². The molecule has 0 spiro atoms. The molecule has 164 valence electrons. The van der Waals surface area contributed by atoms with Crippen molar-refractivity contribution in [1.29, 1.82) is 0 Å². The molecule has 0 saturated carbocycles. The van der Waals surface area contributed by atoms with E-state index in [1.54, 1.807) is 53.4 Å². The van der Waals surface area contributed by atoms with E-state index in [1.165, 1.54) is 12.1 Å². The molecule has 0 radical (unpaired) electrons. The number of amides is 1. The van der Waals surface area contributed by atoms with Crippen LogP contribution < -0.4 is 10.2 Å². The number of fused-ring (bicyclic) bond motifs is 1. The van der Waals surface area contributed by atoms with Crippen LogP contribution in [0.5, 0.6) is 0 Å². The molecule has 7 nitrogen and oxygen atoms in total. The van der Waals surface area contributed by atoms with Crippen LogP contribution >= 0.6 is 34.2 Å². The fourth-order valence-corrected chi connectivity index (χ4v) is 4.36. The number of nitro benzene ring substituents is 1. The van der Waals surface area contributed by atoms with E-state index in [0.717, 1.165) is 3.57 Å². The minimum Gasteiger partial charge on any atom is -0.457 e. The van der Waals surface area contributed by atoms with Crippen molar-refractivity contribution in [2.45, 2.75) is 6.17 Å². The largest absolute Gasteiger partial charge is 0.457 e. The molecule has 0 unspecified atom stereocenters. The third kappa shape index (κ3) is 4.07. The van der Waals surface area contributed by atoms with E-state index in [9.17, 15) is 14.9 Å². The molecule has 9 heteroatoms. The summed E-state index contributed by atoms with van der Waals surface area (Å²) in [6.07, 6.45) is -0.599. The number of hydrogen-bond acceptors (Lipinski definition) is 5. The van der Waals surface area contributed by atoms with Crippen molar-refractivity contribution in [3.63, 3.8) is 0 Å². The van der Waals surface area contributed by atoms with Gasteiger partial charge in [0, 0.05) is 37.7 Å². The first-order valence-electron chi connectivity index (χ1n) is 9.90. The van der Waals surface area contributed by atoms with Crippen LogP contribution in [0, 0.1) is 13.7 Å². The Kier molecular flexibility index (Phi) is 5.55. The van der Waals surface area contributed by atoms with Crippen molar-refractivity contribution in [2.24, 2.45) is 0 Å². The van der Waals surface area contributed by atoms with E-state index < -0.39 is 11.1 Å². The maximum absolute atomic E-state index is 13.6. The number of hydrogen-bond donors (Lipinski definition) is 1. The van der Waals surface area contributed by atoms with Crippen molar-refractivity contribution in [2.75, 3.05) is 10.2 Å². The number of nitrogens with zero attached hydrogens (tertiary/aromatic N) is 2. The highest BCUT2D eigenvalue weighted by Crippen LogP contribution is 2.39. The second-order valence-electron chi connectivity index (χ2n) is 7.39. The van der Waals surface area contributed by atoms with E-state index in [1.807, 2.05) is 18.2 Å². The molecule has 4 aromatic rings. The average Bonchev–Trinajstić information content (AvgIpc) is 3.30. The summed E-state index contributed by atoms with van der Waals surface area (Å²) in [7, 11) is 0. The molecule has 5 rings (SSSR count). The molecule has 1 aromatic heterocycles. The van der Waals surface area contributed by atoms with Gasteiger partial charge in [-0.1, -0.05) is 11.6 Å². The third-order valence-electron chi connectivity index (χ3n) is 5.34. The molecular weight excluding hydrogens is 557 g/mol. The van der Waals surface area contributed by atoms with E-state index >= 15 is 0 Å². The quantitative estimate of drug-likeness (QED) is 0.164. The van der Waals surface area contributed by atoms with Crippen molar-refractivity contribution < 1.29 is 14.1 Å². The first-order valence-corrected chi connectivity index (χ1v) is 11.4. The Morgan fingerprint density at radius 1 is 1.00 bits per heavy atom. The zero-order chi connectivity index (χ0) is 23.1. The number of carbonyl (C=O) groups excluding carboxylic acids is 1. The molecule has 0 saturated heterocycles. The highest BCUT2D eigenvalue weighted by molar-refractivity contribution is 14.1. The molecule has 1 N–H and O–H groups in total. The number of non-ortho nitro benzene ring substituents is 1. The predicted octanol–water partition coefficient (Wildman–Crippen LogP) is 6.88. The lowest BCUT2D eigenvalue weighted by atomic mass is 10.1. The van der Waals surface area contributed by atoms with Crippen LogP contribution in [0.3, 0.4) is 0 Å². The lowest BCUT2D eigenvalue weighted by Crippen LogP contribution is -2.43. The number of nitrogens with one attached hydrogen (secondary N) is 1. The fraction of sp³-hybridized carbons (Fsp3) is 0.0417. The molecule has 1 atom stereocenters. The van der Waals surface area contributed by atoms with Gasteiger partial charge in [0.05, 0.1) is 10.5 Å². The van der Waals surface area contributed by atoms with Gasteiger partial charge >= 0.3 is 0 Å². The van der Waals surface area contributed by atoms with E-state index in [0.29, 0.717) is 39.0 Å². The van der Waals surface area contributed by atoms with Gasteiger partial charge in [-0.3, -0.25) is 19.8 Å². The number of furan rings is 1. The summed E-state index contributed by atoms with van der Waals surface area (Å²) in [4.78, 5) is 25.7. The van der Waals surface area contributed by atoms with Crippen LogP contribution in [0.1, 0.15) is 22.3 Å². The second-order valence-corrected chi connectivity index (χ2v) is 9.08. The highest BCUT2D eigenvalue weighted by atomic mass is 127. The molecule has 2 heterocycles. The molecule has 1 amide bonds. The SMILES string of the molecule is O=C1c2cc(I)ccc2N[C@@H](c2ccc(-c3ccc([N+](=O)[O-])cc3)o2)N1c1ccc(Cl)cc1. The number of benzene rings is 3. The van der Waals surface area contributed by atoms with Gasteiger partial charge in [-0.2, -0.15) is 0 Å². The van der Waals surface area contributed by atoms with Gasteiger partial charge in [0.15, 0.2) is 6.17 Å². The molecule has 0 bridgehead atoms. The summed E-state index contributed by atoms with van der Waals surface area (Å²) < 4.78 is 7.07. The molecule has 0 aliphatic carbocycles. The zero-order valence-corrected chi connectivity index (χ0v) is 19.8. The Balaban J connectivity index is 1.56. The molecule has 1 aliphatic heterocycles. The monoisotopic (exact) mass is 571 g/mol. The minimum atomic E-state index is -0.599. The van der Waals surface area contributed by atoms with Crippen molar-refractivity contribution in [3.05, 3.63) is 109 Å². The summed E-state index contributed by atoms with van der Waals surface area (Å²) in [5.74, 6) is 0.900. The van der Waals surface area contributed by atoms with E-state index in [4.69, 9.17) is 16.0 Å². The van der Waals surface area contributed by atoms with Gasteiger partial charge in [-0.05, 0) is 89.3 Å². The Labute approximate surface area is 207 Å². The molecule has 0 fully saturated rings. The highest BCUT2D eigenvalue weighted by Gasteiger charge is 2.36. The standard InChI is InChI=1S/C24H15ClIN3O4/c25-15-3-8-17(9-4-15)28-23(27-20-10-5-16(26)13-19(20)24(28)30)22-12-11-21(33-22)14-1-6-18(7-2-14)29(31)32/h1-13,23,27H/t23-/m1/s1. The first-order chi connectivity index (χ1) is 15.9. The first kappa shape index (κ1) is 21.5. The number of carbonyl (C=O) groups is 1. The number of rotatable bonds is 4. The summed E-state index contributed by atoms with van der Waals surface area (Å²) in [6, 6.07) is 22.4. The van der Waals surface area contributed by atoms with Gasteiger partial charge in [0.1, 0.15) is 11.5 Å². The van der Waals surface area contributed by atoms with Crippen LogP contribution in [0.2, 0.25) is 5.02 Å².